The minimum absolute atomic E-state index is 0.0254. The van der Waals surface area contributed by atoms with Gasteiger partial charge in [-0.2, -0.15) is 11.8 Å². The maximum Gasteiger partial charge on any atom is 0.221 e. The highest BCUT2D eigenvalue weighted by Gasteiger charge is 2.09. The summed E-state index contributed by atoms with van der Waals surface area (Å²) >= 11 is 1.75. The normalized spacial score (nSPS) is 11.9. The van der Waals surface area contributed by atoms with Crippen LogP contribution in [0.15, 0.2) is 54.6 Å². The Balaban J connectivity index is 1.68. The van der Waals surface area contributed by atoms with Gasteiger partial charge in [-0.05, 0) is 30.2 Å². The van der Waals surface area contributed by atoms with E-state index in [9.17, 15) is 9.18 Å². The standard InChI is InChI=1S/C18H20FNOS/c1-14(16-7-9-17(19)10-8-16)20-18(21)11-12-22-13-15-5-3-2-4-6-15/h2-10,14H,11-13H2,1H3,(H,20,21)/t14-/m1/s1. The Hall–Kier alpha value is -1.81. The van der Waals surface area contributed by atoms with Crippen LogP contribution in [0.3, 0.4) is 0 Å². The number of benzene rings is 2. The first-order valence-electron chi connectivity index (χ1n) is 7.31. The zero-order valence-corrected chi connectivity index (χ0v) is 13.4. The molecule has 2 nitrogen and oxygen atoms in total. The van der Waals surface area contributed by atoms with E-state index in [-0.39, 0.29) is 17.8 Å². The second-order valence-corrected chi connectivity index (χ2v) is 6.23. The van der Waals surface area contributed by atoms with E-state index in [0.717, 1.165) is 17.1 Å². The molecule has 0 spiro atoms. The molecule has 0 aromatic heterocycles. The van der Waals surface area contributed by atoms with Crippen LogP contribution in [-0.2, 0) is 10.5 Å². The van der Waals surface area contributed by atoms with E-state index in [2.05, 4.69) is 17.4 Å². The van der Waals surface area contributed by atoms with Crippen LogP contribution >= 0.6 is 11.8 Å². The number of hydrogen-bond donors (Lipinski definition) is 1. The van der Waals surface area contributed by atoms with Crippen molar-refractivity contribution >= 4 is 17.7 Å². The summed E-state index contributed by atoms with van der Waals surface area (Å²) in [4.78, 5) is 11.9. The first kappa shape index (κ1) is 16.6. The zero-order chi connectivity index (χ0) is 15.8. The molecule has 0 unspecified atom stereocenters. The molecule has 1 N–H and O–H groups in total. The highest BCUT2D eigenvalue weighted by atomic mass is 32.2. The second-order valence-electron chi connectivity index (χ2n) is 5.13. The van der Waals surface area contributed by atoms with Crippen molar-refractivity contribution in [1.29, 1.82) is 0 Å². The lowest BCUT2D eigenvalue weighted by Crippen LogP contribution is -2.26. The van der Waals surface area contributed by atoms with Gasteiger partial charge in [-0.15, -0.1) is 0 Å². The van der Waals surface area contributed by atoms with Crippen molar-refractivity contribution in [3.63, 3.8) is 0 Å². The Morgan fingerprint density at radius 3 is 2.50 bits per heavy atom. The molecule has 0 aliphatic heterocycles. The van der Waals surface area contributed by atoms with Crippen molar-refractivity contribution in [3.8, 4) is 0 Å². The molecule has 116 valence electrons. The SMILES string of the molecule is C[C@@H](NC(=O)CCSCc1ccccc1)c1ccc(F)cc1. The Kier molecular flexibility index (Phi) is 6.46. The van der Waals surface area contributed by atoms with Crippen molar-refractivity contribution in [2.75, 3.05) is 5.75 Å². The van der Waals surface area contributed by atoms with E-state index in [1.54, 1.807) is 23.9 Å². The largest absolute Gasteiger partial charge is 0.350 e. The predicted molar refractivity (Wildman–Crippen MR) is 90.2 cm³/mol. The van der Waals surface area contributed by atoms with Gasteiger partial charge in [0.25, 0.3) is 0 Å². The van der Waals surface area contributed by atoms with Crippen LogP contribution < -0.4 is 5.32 Å². The van der Waals surface area contributed by atoms with Gasteiger partial charge in [0.1, 0.15) is 5.82 Å². The Bertz CT molecular complexity index is 586. The first-order chi connectivity index (χ1) is 10.6. The first-order valence-corrected chi connectivity index (χ1v) is 8.47. The van der Waals surface area contributed by atoms with Crippen LogP contribution in [0.4, 0.5) is 4.39 Å². The maximum absolute atomic E-state index is 12.9. The smallest absolute Gasteiger partial charge is 0.221 e. The molecule has 1 amide bonds. The van der Waals surface area contributed by atoms with Crippen molar-refractivity contribution in [1.82, 2.24) is 5.32 Å². The Morgan fingerprint density at radius 2 is 1.82 bits per heavy atom. The third kappa shape index (κ3) is 5.53. The van der Waals surface area contributed by atoms with Crippen LogP contribution in [0, 0.1) is 5.82 Å². The monoisotopic (exact) mass is 317 g/mol. The summed E-state index contributed by atoms with van der Waals surface area (Å²) in [7, 11) is 0. The molecular formula is C18H20FNOS. The molecule has 2 aromatic rings. The maximum atomic E-state index is 12.9. The lowest BCUT2D eigenvalue weighted by Gasteiger charge is -2.14. The van der Waals surface area contributed by atoms with Crippen molar-refractivity contribution < 1.29 is 9.18 Å². The number of carbonyl (C=O) groups excluding carboxylic acids is 1. The number of carbonyl (C=O) groups is 1. The molecule has 0 aliphatic carbocycles. The number of hydrogen-bond acceptors (Lipinski definition) is 2. The molecule has 0 bridgehead atoms. The summed E-state index contributed by atoms with van der Waals surface area (Å²) in [6.07, 6.45) is 0.489. The molecule has 0 radical (unpaired) electrons. The Morgan fingerprint density at radius 1 is 1.14 bits per heavy atom. The van der Waals surface area contributed by atoms with Gasteiger partial charge in [0.05, 0.1) is 6.04 Å². The molecule has 0 saturated carbocycles. The Labute approximate surface area is 135 Å². The van der Waals surface area contributed by atoms with Gasteiger partial charge in [0.15, 0.2) is 0 Å². The van der Waals surface area contributed by atoms with Crippen LogP contribution in [-0.4, -0.2) is 11.7 Å². The van der Waals surface area contributed by atoms with E-state index in [1.807, 2.05) is 25.1 Å². The fourth-order valence-electron chi connectivity index (χ4n) is 2.08. The van der Waals surface area contributed by atoms with E-state index in [4.69, 9.17) is 0 Å². The molecule has 0 fully saturated rings. The lowest BCUT2D eigenvalue weighted by atomic mass is 10.1. The number of nitrogens with one attached hydrogen (secondary N) is 1. The summed E-state index contributed by atoms with van der Waals surface area (Å²) in [5.74, 6) is 1.47. The van der Waals surface area contributed by atoms with E-state index in [0.29, 0.717) is 6.42 Å². The number of rotatable bonds is 7. The number of amides is 1. The average Bonchev–Trinajstić information content (AvgIpc) is 2.53. The summed E-state index contributed by atoms with van der Waals surface area (Å²) in [5.41, 5.74) is 2.18. The molecule has 4 heteroatoms. The van der Waals surface area contributed by atoms with Gasteiger partial charge in [-0.1, -0.05) is 42.5 Å². The molecule has 0 saturated heterocycles. The van der Waals surface area contributed by atoms with Gasteiger partial charge >= 0.3 is 0 Å². The minimum Gasteiger partial charge on any atom is -0.350 e. The van der Waals surface area contributed by atoms with Gasteiger partial charge in [-0.25, -0.2) is 4.39 Å². The van der Waals surface area contributed by atoms with E-state index >= 15 is 0 Å². The van der Waals surface area contributed by atoms with Gasteiger partial charge in [0.2, 0.25) is 5.91 Å². The molecule has 2 aromatic carbocycles. The quantitative estimate of drug-likeness (QED) is 0.770. The summed E-state index contributed by atoms with van der Waals surface area (Å²) in [5, 5.41) is 2.94. The second kappa shape index (κ2) is 8.59. The van der Waals surface area contributed by atoms with Crippen LogP contribution in [0.5, 0.6) is 0 Å². The molecule has 2 rings (SSSR count). The third-order valence-corrected chi connectivity index (χ3v) is 4.36. The van der Waals surface area contributed by atoms with Crippen LogP contribution in [0.25, 0.3) is 0 Å². The highest BCUT2D eigenvalue weighted by molar-refractivity contribution is 7.98. The van der Waals surface area contributed by atoms with Crippen molar-refractivity contribution in [2.45, 2.75) is 25.1 Å². The molecule has 1 atom stereocenters. The zero-order valence-electron chi connectivity index (χ0n) is 12.6. The van der Waals surface area contributed by atoms with E-state index in [1.165, 1.54) is 17.7 Å². The third-order valence-electron chi connectivity index (χ3n) is 3.33. The minimum atomic E-state index is -0.264. The van der Waals surface area contributed by atoms with Gasteiger partial charge in [-0.3, -0.25) is 4.79 Å². The predicted octanol–water partition coefficient (Wildman–Crippen LogP) is 4.33. The molecular weight excluding hydrogens is 297 g/mol. The lowest BCUT2D eigenvalue weighted by molar-refractivity contribution is -0.121. The van der Waals surface area contributed by atoms with Crippen molar-refractivity contribution in [2.24, 2.45) is 0 Å². The fourth-order valence-corrected chi connectivity index (χ4v) is 2.98. The summed E-state index contributed by atoms with van der Waals surface area (Å²) in [6, 6.07) is 16.3. The molecule has 0 aliphatic rings. The fraction of sp³-hybridized carbons (Fsp3) is 0.278. The number of halogens is 1. The van der Waals surface area contributed by atoms with E-state index < -0.39 is 0 Å². The van der Waals surface area contributed by atoms with Crippen molar-refractivity contribution in [3.05, 3.63) is 71.5 Å². The summed E-state index contributed by atoms with van der Waals surface area (Å²) in [6.45, 7) is 1.91. The number of thioether (sulfide) groups is 1. The van der Waals surface area contributed by atoms with Crippen LogP contribution in [0.1, 0.15) is 30.5 Å². The average molecular weight is 317 g/mol. The summed E-state index contributed by atoms with van der Waals surface area (Å²) < 4.78 is 12.9. The van der Waals surface area contributed by atoms with Gasteiger partial charge < -0.3 is 5.32 Å². The topological polar surface area (TPSA) is 29.1 Å². The highest BCUT2D eigenvalue weighted by Crippen LogP contribution is 2.15. The van der Waals surface area contributed by atoms with Crippen LogP contribution in [0.2, 0.25) is 0 Å². The molecule has 22 heavy (non-hydrogen) atoms. The molecule has 0 heterocycles. The van der Waals surface area contributed by atoms with Gasteiger partial charge in [0, 0.05) is 17.9 Å².